The minimum absolute atomic E-state index is 0.0874. The maximum Gasteiger partial charge on any atom is 0.324 e. The highest BCUT2D eigenvalue weighted by atomic mass is 16.5. The minimum atomic E-state index is 0.0874. The smallest absolute Gasteiger partial charge is 0.324 e. The van der Waals surface area contributed by atoms with Crippen molar-refractivity contribution in [3.05, 3.63) is 84.4 Å². The molecule has 5 rings (SSSR count). The third-order valence-electron chi connectivity index (χ3n) is 8.31. The second kappa shape index (κ2) is 12.0. The fourth-order valence-electron chi connectivity index (χ4n) is 5.67. The van der Waals surface area contributed by atoms with E-state index in [0.717, 1.165) is 44.2 Å². The number of benzene rings is 3. The Kier molecular flexibility index (Phi) is 8.27. The number of rotatable bonds is 9. The van der Waals surface area contributed by atoms with E-state index in [1.54, 1.807) is 7.11 Å². The molecule has 1 N–H and O–H groups in total. The first-order chi connectivity index (χ1) is 18.9. The van der Waals surface area contributed by atoms with Crippen LogP contribution in [-0.2, 0) is 0 Å². The quantitative estimate of drug-likeness (QED) is 0.404. The van der Waals surface area contributed by atoms with Gasteiger partial charge in [0.15, 0.2) is 0 Å². The predicted octanol–water partition coefficient (Wildman–Crippen LogP) is 5.39. The van der Waals surface area contributed by atoms with Crippen LogP contribution in [0.5, 0.6) is 5.75 Å². The standard InChI is InChI=1S/C32H41N5O2/c1-24(33-25(2)27-8-6-5-7-9-27)26(3)36-22-23-37(32(36)38)30-12-10-28(11-13-30)34-18-20-35(21-19-34)29-14-16-31(39-4)17-15-29/h5-17,24-26,33H,18-23H2,1-4H3. The highest BCUT2D eigenvalue weighted by Gasteiger charge is 2.35. The Bertz CT molecular complexity index is 1210. The lowest BCUT2D eigenvalue weighted by Crippen LogP contribution is -2.49. The van der Waals surface area contributed by atoms with Crippen molar-refractivity contribution in [1.29, 1.82) is 0 Å². The molecule has 3 aromatic rings. The van der Waals surface area contributed by atoms with Crippen molar-refractivity contribution < 1.29 is 9.53 Å². The van der Waals surface area contributed by atoms with Crippen molar-refractivity contribution in [3.8, 4) is 5.75 Å². The number of hydrogen-bond donors (Lipinski definition) is 1. The summed E-state index contributed by atoms with van der Waals surface area (Å²) in [7, 11) is 1.70. The van der Waals surface area contributed by atoms with Gasteiger partial charge in [-0.05, 0) is 74.9 Å². The van der Waals surface area contributed by atoms with E-state index >= 15 is 0 Å². The van der Waals surface area contributed by atoms with E-state index < -0.39 is 0 Å². The third kappa shape index (κ3) is 5.98. The van der Waals surface area contributed by atoms with E-state index in [2.05, 4.69) is 96.6 Å². The van der Waals surface area contributed by atoms with E-state index in [-0.39, 0.29) is 24.2 Å². The van der Waals surface area contributed by atoms with Gasteiger partial charge in [-0.2, -0.15) is 0 Å². The summed E-state index contributed by atoms with van der Waals surface area (Å²) in [6.07, 6.45) is 0. The summed E-state index contributed by atoms with van der Waals surface area (Å²) in [5, 5.41) is 3.68. The van der Waals surface area contributed by atoms with Gasteiger partial charge in [0.05, 0.1) is 7.11 Å². The fourth-order valence-corrected chi connectivity index (χ4v) is 5.67. The number of methoxy groups -OCH3 is 1. The van der Waals surface area contributed by atoms with Crippen molar-refractivity contribution in [3.63, 3.8) is 0 Å². The maximum absolute atomic E-state index is 13.4. The summed E-state index contributed by atoms with van der Waals surface area (Å²) in [4.78, 5) is 22.2. The Labute approximate surface area is 233 Å². The molecule has 0 radical (unpaired) electrons. The maximum atomic E-state index is 13.4. The van der Waals surface area contributed by atoms with Crippen molar-refractivity contribution >= 4 is 23.1 Å². The van der Waals surface area contributed by atoms with Gasteiger partial charge in [-0.15, -0.1) is 0 Å². The molecule has 0 bridgehead atoms. The van der Waals surface area contributed by atoms with Gasteiger partial charge in [0.1, 0.15) is 5.75 Å². The molecular weight excluding hydrogens is 486 g/mol. The Morgan fingerprint density at radius 2 is 1.23 bits per heavy atom. The number of hydrogen-bond acceptors (Lipinski definition) is 5. The van der Waals surface area contributed by atoms with Gasteiger partial charge in [-0.3, -0.25) is 4.90 Å². The minimum Gasteiger partial charge on any atom is -0.497 e. The molecule has 0 aliphatic carbocycles. The molecule has 7 nitrogen and oxygen atoms in total. The first kappa shape index (κ1) is 26.9. The van der Waals surface area contributed by atoms with E-state index in [1.165, 1.54) is 16.9 Å². The number of carbonyl (C=O) groups is 1. The molecule has 2 saturated heterocycles. The van der Waals surface area contributed by atoms with Gasteiger partial charge in [-0.1, -0.05) is 30.3 Å². The highest BCUT2D eigenvalue weighted by molar-refractivity contribution is 5.94. The number of ether oxygens (including phenoxy) is 1. The Morgan fingerprint density at radius 1 is 0.692 bits per heavy atom. The number of piperazine rings is 1. The summed E-state index contributed by atoms with van der Waals surface area (Å²) in [5.41, 5.74) is 4.66. The third-order valence-corrected chi connectivity index (χ3v) is 8.31. The number of anilines is 3. The molecule has 3 atom stereocenters. The molecule has 0 aromatic heterocycles. The van der Waals surface area contributed by atoms with E-state index in [1.807, 2.05) is 28.0 Å². The van der Waals surface area contributed by atoms with Crippen LogP contribution in [0.1, 0.15) is 32.4 Å². The molecule has 3 aromatic carbocycles. The van der Waals surface area contributed by atoms with Gasteiger partial charge in [0.2, 0.25) is 0 Å². The van der Waals surface area contributed by atoms with E-state index in [4.69, 9.17) is 4.74 Å². The molecule has 0 saturated carbocycles. The van der Waals surface area contributed by atoms with Gasteiger partial charge < -0.3 is 24.8 Å². The summed E-state index contributed by atoms with van der Waals surface area (Å²) in [5.74, 6) is 0.885. The molecule has 3 unspecified atom stereocenters. The van der Waals surface area contributed by atoms with Crippen LogP contribution in [0.15, 0.2) is 78.9 Å². The average Bonchev–Trinajstić information content (AvgIpc) is 3.38. The van der Waals surface area contributed by atoms with Crippen LogP contribution in [0.2, 0.25) is 0 Å². The Balaban J connectivity index is 1.14. The zero-order valence-electron chi connectivity index (χ0n) is 23.6. The van der Waals surface area contributed by atoms with Crippen LogP contribution >= 0.6 is 0 Å². The van der Waals surface area contributed by atoms with Crippen LogP contribution in [0.4, 0.5) is 21.9 Å². The summed E-state index contributed by atoms with van der Waals surface area (Å²) in [6.45, 7) is 11.8. The number of urea groups is 1. The molecule has 2 aliphatic heterocycles. The van der Waals surface area contributed by atoms with Crippen molar-refractivity contribution in [2.24, 2.45) is 0 Å². The van der Waals surface area contributed by atoms with Crippen LogP contribution in [0.25, 0.3) is 0 Å². The number of amides is 2. The Morgan fingerprint density at radius 3 is 1.79 bits per heavy atom. The van der Waals surface area contributed by atoms with Crippen LogP contribution in [0, 0.1) is 0 Å². The SMILES string of the molecule is COc1ccc(N2CCN(c3ccc(N4CCN(C(C)C(C)NC(C)c5ccccc5)C4=O)cc3)CC2)cc1. The topological polar surface area (TPSA) is 51.3 Å². The van der Waals surface area contributed by atoms with Crippen LogP contribution in [-0.4, -0.2) is 69.4 Å². The van der Waals surface area contributed by atoms with Gasteiger partial charge in [-0.25, -0.2) is 4.79 Å². The molecule has 206 valence electrons. The van der Waals surface area contributed by atoms with E-state index in [0.29, 0.717) is 6.54 Å². The number of nitrogens with zero attached hydrogens (tertiary/aromatic N) is 4. The molecular formula is C32H41N5O2. The molecule has 39 heavy (non-hydrogen) atoms. The molecule has 0 spiro atoms. The monoisotopic (exact) mass is 527 g/mol. The molecule has 2 aliphatic rings. The normalized spacial score (nSPS) is 18.3. The largest absolute Gasteiger partial charge is 0.497 e. The second-order valence-electron chi connectivity index (χ2n) is 10.6. The molecule has 2 heterocycles. The molecule has 2 amide bonds. The second-order valence-corrected chi connectivity index (χ2v) is 10.6. The van der Waals surface area contributed by atoms with Gasteiger partial charge >= 0.3 is 6.03 Å². The fraction of sp³-hybridized carbons (Fsp3) is 0.406. The summed E-state index contributed by atoms with van der Waals surface area (Å²) < 4.78 is 5.28. The number of carbonyl (C=O) groups excluding carboxylic acids is 1. The number of nitrogens with one attached hydrogen (secondary N) is 1. The van der Waals surface area contributed by atoms with E-state index in [9.17, 15) is 4.79 Å². The lowest BCUT2D eigenvalue weighted by Gasteiger charge is -2.37. The summed E-state index contributed by atoms with van der Waals surface area (Å²) in [6, 6.07) is 27.8. The zero-order chi connectivity index (χ0) is 27.4. The first-order valence-electron chi connectivity index (χ1n) is 14.1. The van der Waals surface area contributed by atoms with Crippen molar-refractivity contribution in [1.82, 2.24) is 10.2 Å². The van der Waals surface area contributed by atoms with Gasteiger partial charge in [0, 0.05) is 74.5 Å². The van der Waals surface area contributed by atoms with Crippen LogP contribution in [0.3, 0.4) is 0 Å². The Hall–Kier alpha value is -3.71. The highest BCUT2D eigenvalue weighted by Crippen LogP contribution is 2.27. The molecule has 2 fully saturated rings. The van der Waals surface area contributed by atoms with Crippen molar-refractivity contribution in [2.75, 3.05) is 61.1 Å². The molecule has 7 heteroatoms. The average molecular weight is 528 g/mol. The van der Waals surface area contributed by atoms with Gasteiger partial charge in [0.25, 0.3) is 0 Å². The predicted molar refractivity (Wildman–Crippen MR) is 160 cm³/mol. The van der Waals surface area contributed by atoms with Crippen molar-refractivity contribution in [2.45, 2.75) is 38.9 Å². The zero-order valence-corrected chi connectivity index (χ0v) is 23.6. The van der Waals surface area contributed by atoms with Crippen LogP contribution < -0.4 is 24.8 Å². The first-order valence-corrected chi connectivity index (χ1v) is 14.1. The summed E-state index contributed by atoms with van der Waals surface area (Å²) >= 11 is 0. The lowest BCUT2D eigenvalue weighted by atomic mass is 10.1. The lowest BCUT2D eigenvalue weighted by molar-refractivity contribution is 0.188.